The molecule has 0 fully saturated rings. The standard InChI is InChI=1S/C92H101N4OS.Pt/c1-85(2,3)59-40-41-93-80(52-59)96-77-39-38-69-68-30-25-28-35-79(68)98-84(69)82(77)70-37-36-66(54-78(70)96)97-67-47-58(81-73(91(19,20)21)31-29-32-74(81)92(22,23)24)46-65(53-67)94-55-95(76-34-27-26-33-75(76)94)83-71(56-42-60(86(4,5)6)48-61(43-56)87(7,8)9)50-64(90(16,17)18)51-72(83)57-44-62(88(10,11)12)49-63(45-57)89(13,14)15;/h25-52,55H,1-24H3;/q-3;. The fourth-order valence-corrected chi connectivity index (χ4v) is 15.4. The normalized spacial score (nSPS) is 13.7. The van der Waals surface area contributed by atoms with Gasteiger partial charge in [0.25, 0.3) is 0 Å². The molecule has 99 heavy (non-hydrogen) atoms. The number of aromatic nitrogens is 2. The van der Waals surface area contributed by atoms with Crippen molar-refractivity contribution < 1.29 is 25.8 Å². The van der Waals surface area contributed by atoms with Crippen molar-refractivity contribution in [1.82, 2.24) is 9.55 Å². The largest absolute Gasteiger partial charge is 0.509 e. The van der Waals surface area contributed by atoms with Crippen LogP contribution < -0.4 is 14.5 Å². The monoisotopic (exact) mass is 1500 g/mol. The van der Waals surface area contributed by atoms with Gasteiger partial charge in [0.2, 0.25) is 0 Å². The van der Waals surface area contributed by atoms with E-state index in [-0.39, 0.29) is 64.4 Å². The third-order valence-electron chi connectivity index (χ3n) is 20.1. The van der Waals surface area contributed by atoms with Gasteiger partial charge >= 0.3 is 0 Å². The summed E-state index contributed by atoms with van der Waals surface area (Å²) in [7, 11) is 0. The van der Waals surface area contributed by atoms with Gasteiger partial charge in [-0.2, -0.15) is 6.07 Å². The number of anilines is 4. The molecule has 0 aliphatic carbocycles. The number of benzene rings is 9. The van der Waals surface area contributed by atoms with Gasteiger partial charge in [-0.3, -0.25) is 0 Å². The smallest absolute Gasteiger partial charge is 0.135 e. The molecule has 0 amide bonds. The molecule has 0 atom stereocenters. The minimum absolute atomic E-state index is 0. The summed E-state index contributed by atoms with van der Waals surface area (Å²) in [5, 5.41) is 4.80. The molecule has 0 saturated heterocycles. The van der Waals surface area contributed by atoms with Crippen molar-refractivity contribution in [3.8, 4) is 50.7 Å². The summed E-state index contributed by atoms with van der Waals surface area (Å²) in [6.45, 7) is 58.4. The Labute approximate surface area is 610 Å². The fraction of sp³-hybridized carbons (Fsp3) is 0.348. The average molecular weight is 1510 g/mol. The number of pyridine rings is 1. The van der Waals surface area contributed by atoms with E-state index in [0.717, 1.165) is 50.6 Å². The predicted molar refractivity (Wildman–Crippen MR) is 423 cm³/mol. The van der Waals surface area contributed by atoms with E-state index in [0.29, 0.717) is 11.5 Å². The summed E-state index contributed by atoms with van der Waals surface area (Å²) in [6.07, 6.45) is 1.95. The molecule has 0 saturated carbocycles. The fourth-order valence-electron chi connectivity index (χ4n) is 14.1. The van der Waals surface area contributed by atoms with Crippen LogP contribution in [0.15, 0.2) is 170 Å². The number of fused-ring (bicyclic) bond motifs is 8. The van der Waals surface area contributed by atoms with Crippen molar-refractivity contribution in [2.45, 2.75) is 209 Å². The molecule has 0 bridgehead atoms. The summed E-state index contributed by atoms with van der Waals surface area (Å²) < 4.78 is 12.3. The maximum absolute atomic E-state index is 7.46. The van der Waals surface area contributed by atoms with Gasteiger partial charge in [0, 0.05) is 92.6 Å². The Bertz CT molecular complexity index is 4940. The second-order valence-electron chi connectivity index (χ2n) is 36.1. The predicted octanol–water partition coefficient (Wildman–Crippen LogP) is 26.7. The van der Waals surface area contributed by atoms with E-state index >= 15 is 0 Å². The molecule has 12 aromatic rings. The number of hydrogen-bond acceptors (Lipinski definition) is 5. The van der Waals surface area contributed by atoms with Crippen LogP contribution in [0, 0.1) is 18.8 Å². The molecular weight excluding hydrogens is 1400 g/mol. The molecule has 1 aliphatic heterocycles. The molecule has 7 heteroatoms. The average Bonchev–Trinajstić information content (AvgIpc) is 1.57. The van der Waals surface area contributed by atoms with E-state index in [2.05, 4.69) is 363 Å². The molecule has 5 nitrogen and oxygen atoms in total. The first kappa shape index (κ1) is 71.1. The first-order chi connectivity index (χ1) is 45.6. The van der Waals surface area contributed by atoms with Crippen molar-refractivity contribution in [3.63, 3.8) is 0 Å². The SMILES string of the molecule is CC(C)(C)c1cc(-c2cc(C(C)(C)C)cc(-c3cc(C(C)(C)C)cc(C(C)(C)C)c3)c2N2[CH-]N(c3[c-]c(Oc4[c-]c5c(cc4)c4c6sc7ccccc7c6ccc4n5-c4cc(C(C)(C)C)ccn4)cc(-c4c(C(C)(C)C)cccc4C(C)(C)C)c3)c3ccccc32)cc(C(C)(C)C)c1.[Pt]. The number of ether oxygens (including phenoxy) is 1. The Morgan fingerprint density at radius 2 is 0.899 bits per heavy atom. The molecule has 4 heterocycles. The van der Waals surface area contributed by atoms with Crippen LogP contribution >= 0.6 is 11.3 Å². The summed E-state index contributed by atoms with van der Waals surface area (Å²) in [4.78, 5) is 9.99. The molecule has 0 spiro atoms. The van der Waals surface area contributed by atoms with Crippen LogP contribution in [-0.2, 0) is 64.4 Å². The molecule has 0 N–H and O–H groups in total. The van der Waals surface area contributed by atoms with E-state index in [1.54, 1.807) is 0 Å². The maximum atomic E-state index is 7.46. The Morgan fingerprint density at radius 3 is 1.42 bits per heavy atom. The second-order valence-corrected chi connectivity index (χ2v) is 37.1. The molecule has 9 aromatic carbocycles. The Morgan fingerprint density at radius 1 is 0.404 bits per heavy atom. The minimum Gasteiger partial charge on any atom is -0.509 e. The number of thiophene rings is 1. The van der Waals surface area contributed by atoms with Gasteiger partial charge in [-0.25, -0.2) is 4.98 Å². The molecule has 1 aliphatic rings. The number of rotatable bonds is 8. The van der Waals surface area contributed by atoms with Crippen molar-refractivity contribution in [3.05, 3.63) is 233 Å². The summed E-state index contributed by atoms with van der Waals surface area (Å²) in [5.74, 6) is 2.01. The van der Waals surface area contributed by atoms with Crippen LogP contribution in [0.4, 0.5) is 22.7 Å². The summed E-state index contributed by atoms with van der Waals surface area (Å²) in [5.41, 5.74) is 22.2. The Hall–Kier alpha value is -7.76. The van der Waals surface area contributed by atoms with Crippen LogP contribution in [0.2, 0.25) is 0 Å². The van der Waals surface area contributed by atoms with E-state index in [1.165, 1.54) is 97.9 Å². The van der Waals surface area contributed by atoms with Gasteiger partial charge in [-0.1, -0.05) is 263 Å². The quantitative estimate of drug-likeness (QED) is 0.142. The van der Waals surface area contributed by atoms with E-state index in [9.17, 15) is 0 Å². The van der Waals surface area contributed by atoms with Crippen molar-refractivity contribution in [2.75, 3.05) is 9.80 Å². The van der Waals surface area contributed by atoms with Crippen LogP contribution in [0.5, 0.6) is 11.5 Å². The zero-order valence-electron chi connectivity index (χ0n) is 63.2. The van der Waals surface area contributed by atoms with Gasteiger partial charge in [-0.15, -0.1) is 65.0 Å². The molecule has 3 aromatic heterocycles. The van der Waals surface area contributed by atoms with Gasteiger partial charge in [-0.05, 0) is 158 Å². The van der Waals surface area contributed by atoms with Crippen molar-refractivity contribution in [1.29, 1.82) is 0 Å². The molecule has 0 unspecified atom stereocenters. The Balaban J connectivity index is 0.00000931. The molecule has 0 radical (unpaired) electrons. The maximum Gasteiger partial charge on any atom is 0.135 e. The van der Waals surface area contributed by atoms with Crippen LogP contribution in [0.25, 0.3) is 81.2 Å². The van der Waals surface area contributed by atoms with Crippen molar-refractivity contribution in [2.24, 2.45) is 0 Å². The number of para-hydroxylation sites is 2. The van der Waals surface area contributed by atoms with Crippen LogP contribution in [0.3, 0.4) is 0 Å². The van der Waals surface area contributed by atoms with Gasteiger partial charge < -0.3 is 19.1 Å². The van der Waals surface area contributed by atoms with Gasteiger partial charge in [0.05, 0.1) is 0 Å². The first-order valence-electron chi connectivity index (χ1n) is 35.3. The molecule has 514 valence electrons. The third kappa shape index (κ3) is 13.5. The van der Waals surface area contributed by atoms with Crippen LogP contribution in [-0.4, -0.2) is 9.55 Å². The molecular formula is C92H101N4OPtS-3. The van der Waals surface area contributed by atoms with E-state index in [1.807, 2.05) is 17.5 Å². The Kier molecular flexibility index (Phi) is 17.8. The number of nitrogens with zero attached hydrogens (tertiary/aromatic N) is 4. The zero-order valence-corrected chi connectivity index (χ0v) is 66.3. The zero-order chi connectivity index (χ0) is 70.5. The summed E-state index contributed by atoms with van der Waals surface area (Å²) >= 11 is 1.85. The summed E-state index contributed by atoms with van der Waals surface area (Å²) in [6, 6.07) is 70.2. The second kappa shape index (κ2) is 24.8. The van der Waals surface area contributed by atoms with Gasteiger partial charge in [0.15, 0.2) is 0 Å². The topological polar surface area (TPSA) is 33.5 Å². The first-order valence-corrected chi connectivity index (χ1v) is 36.1. The van der Waals surface area contributed by atoms with E-state index in [4.69, 9.17) is 9.72 Å². The molecule has 13 rings (SSSR count). The third-order valence-corrected chi connectivity index (χ3v) is 21.3. The van der Waals surface area contributed by atoms with E-state index < -0.39 is 0 Å². The number of hydrogen-bond donors (Lipinski definition) is 0. The van der Waals surface area contributed by atoms with Gasteiger partial charge in [0.1, 0.15) is 5.82 Å². The minimum atomic E-state index is -0.203. The van der Waals surface area contributed by atoms with Crippen molar-refractivity contribution >= 4 is 76.1 Å². The van der Waals surface area contributed by atoms with Crippen LogP contribution in [0.1, 0.15) is 211 Å².